The summed E-state index contributed by atoms with van der Waals surface area (Å²) in [5.41, 5.74) is 1.79. The number of nitrogens with zero attached hydrogens (tertiary/aromatic N) is 3. The summed E-state index contributed by atoms with van der Waals surface area (Å²) in [6, 6.07) is 15.1. The quantitative estimate of drug-likeness (QED) is 0.488. The molecule has 0 saturated heterocycles. The minimum Gasteiger partial charge on any atom is -0.492 e. The normalized spacial score (nSPS) is 11.2. The first-order chi connectivity index (χ1) is 14.4. The highest BCUT2D eigenvalue weighted by molar-refractivity contribution is 6.30. The number of likely N-dealkylation sites (N-methyl/N-ethyl adjacent to an activating group) is 1. The highest BCUT2D eigenvalue weighted by atomic mass is 35.5. The van der Waals surface area contributed by atoms with Crippen LogP contribution in [0.25, 0.3) is 0 Å². The van der Waals surface area contributed by atoms with E-state index in [1.165, 1.54) is 0 Å². The SMILES string of the molecule is CCNC(=NCCc1cccc(C(=O)N(C)C)c1)N(C)CCOc1ccc(Cl)cc1. The van der Waals surface area contributed by atoms with Gasteiger partial charge < -0.3 is 19.9 Å². The van der Waals surface area contributed by atoms with E-state index in [0.717, 1.165) is 30.2 Å². The van der Waals surface area contributed by atoms with E-state index in [4.69, 9.17) is 21.3 Å². The van der Waals surface area contributed by atoms with Crippen LogP contribution in [0.1, 0.15) is 22.8 Å². The van der Waals surface area contributed by atoms with E-state index >= 15 is 0 Å². The predicted molar refractivity (Wildman–Crippen MR) is 124 cm³/mol. The summed E-state index contributed by atoms with van der Waals surface area (Å²) in [4.78, 5) is 20.5. The van der Waals surface area contributed by atoms with Gasteiger partial charge in [0.2, 0.25) is 0 Å². The first-order valence-electron chi connectivity index (χ1n) is 10.1. The molecule has 0 spiro atoms. The minimum atomic E-state index is 0.00844. The van der Waals surface area contributed by atoms with E-state index in [9.17, 15) is 4.79 Å². The van der Waals surface area contributed by atoms with E-state index in [-0.39, 0.29) is 5.91 Å². The topological polar surface area (TPSA) is 57.2 Å². The summed E-state index contributed by atoms with van der Waals surface area (Å²) >= 11 is 5.90. The molecule has 2 aromatic rings. The molecule has 0 fully saturated rings. The van der Waals surface area contributed by atoms with Gasteiger partial charge in [0, 0.05) is 44.8 Å². The highest BCUT2D eigenvalue weighted by Crippen LogP contribution is 2.15. The lowest BCUT2D eigenvalue weighted by Crippen LogP contribution is -2.41. The number of halogens is 1. The van der Waals surface area contributed by atoms with Crippen molar-refractivity contribution in [3.05, 3.63) is 64.7 Å². The van der Waals surface area contributed by atoms with Crippen molar-refractivity contribution in [2.45, 2.75) is 13.3 Å². The molecule has 0 radical (unpaired) electrons. The second-order valence-electron chi connectivity index (χ2n) is 7.11. The maximum absolute atomic E-state index is 12.1. The zero-order valence-electron chi connectivity index (χ0n) is 18.2. The van der Waals surface area contributed by atoms with Crippen LogP contribution < -0.4 is 10.1 Å². The molecule has 0 atom stereocenters. The van der Waals surface area contributed by atoms with Crippen LogP contribution >= 0.6 is 11.6 Å². The summed E-state index contributed by atoms with van der Waals surface area (Å²) < 4.78 is 5.77. The van der Waals surface area contributed by atoms with Gasteiger partial charge in [-0.05, 0) is 55.3 Å². The number of benzene rings is 2. The zero-order chi connectivity index (χ0) is 21.9. The zero-order valence-corrected chi connectivity index (χ0v) is 18.9. The second-order valence-corrected chi connectivity index (χ2v) is 7.55. The number of ether oxygens (including phenoxy) is 1. The van der Waals surface area contributed by atoms with Gasteiger partial charge in [-0.3, -0.25) is 9.79 Å². The molecule has 0 unspecified atom stereocenters. The fourth-order valence-corrected chi connectivity index (χ4v) is 2.94. The van der Waals surface area contributed by atoms with Crippen LogP contribution in [0.2, 0.25) is 5.02 Å². The number of nitrogens with one attached hydrogen (secondary N) is 1. The third kappa shape index (κ3) is 7.59. The summed E-state index contributed by atoms with van der Waals surface area (Å²) in [6.45, 7) is 4.70. The third-order valence-corrected chi connectivity index (χ3v) is 4.70. The predicted octanol–water partition coefficient (Wildman–Crippen LogP) is 3.56. The Kier molecular flexibility index (Phi) is 9.48. The number of hydrogen-bond acceptors (Lipinski definition) is 3. The Morgan fingerprint density at radius 1 is 1.13 bits per heavy atom. The molecule has 162 valence electrons. The molecule has 0 aliphatic rings. The second kappa shape index (κ2) is 12.1. The fourth-order valence-electron chi connectivity index (χ4n) is 2.82. The monoisotopic (exact) mass is 430 g/mol. The first kappa shape index (κ1) is 23.5. The maximum Gasteiger partial charge on any atom is 0.253 e. The Hall–Kier alpha value is -2.73. The Morgan fingerprint density at radius 3 is 2.53 bits per heavy atom. The standard InChI is InChI=1S/C23H31ClN4O2/c1-5-25-23(28(4)15-16-30-21-11-9-20(24)10-12-21)26-14-13-18-7-6-8-19(17-18)22(29)27(2)3/h6-12,17H,5,13-16H2,1-4H3,(H,25,26). The van der Waals surface area contributed by atoms with Crippen molar-refractivity contribution < 1.29 is 9.53 Å². The molecule has 1 N–H and O–H groups in total. The molecule has 2 aromatic carbocycles. The van der Waals surface area contributed by atoms with Gasteiger partial charge in [-0.2, -0.15) is 0 Å². The Labute approximate surface area is 184 Å². The van der Waals surface area contributed by atoms with Crippen LogP contribution in [0, 0.1) is 0 Å². The average molecular weight is 431 g/mol. The lowest BCUT2D eigenvalue weighted by Gasteiger charge is -2.22. The van der Waals surface area contributed by atoms with Crippen molar-refractivity contribution in [3.63, 3.8) is 0 Å². The summed E-state index contributed by atoms with van der Waals surface area (Å²) in [5.74, 6) is 1.63. The number of hydrogen-bond donors (Lipinski definition) is 1. The molecule has 6 nitrogen and oxygen atoms in total. The lowest BCUT2D eigenvalue weighted by atomic mass is 10.1. The van der Waals surface area contributed by atoms with Crippen molar-refractivity contribution in [1.82, 2.24) is 15.1 Å². The van der Waals surface area contributed by atoms with Gasteiger partial charge in [-0.15, -0.1) is 0 Å². The molecule has 30 heavy (non-hydrogen) atoms. The molecule has 0 aromatic heterocycles. The summed E-state index contributed by atoms with van der Waals surface area (Å²) in [7, 11) is 5.51. The smallest absolute Gasteiger partial charge is 0.253 e. The molecular formula is C23H31ClN4O2. The van der Waals surface area contributed by atoms with E-state index in [2.05, 4.69) is 5.32 Å². The van der Waals surface area contributed by atoms with Gasteiger partial charge in [-0.1, -0.05) is 23.7 Å². The maximum atomic E-state index is 12.1. The average Bonchev–Trinajstić information content (AvgIpc) is 2.74. The molecule has 0 aliphatic carbocycles. The molecule has 0 heterocycles. The Bertz CT molecular complexity index is 837. The van der Waals surface area contributed by atoms with Gasteiger partial charge >= 0.3 is 0 Å². The lowest BCUT2D eigenvalue weighted by molar-refractivity contribution is 0.0827. The number of carbonyl (C=O) groups excluding carboxylic acids is 1. The molecule has 0 bridgehead atoms. The van der Waals surface area contributed by atoms with Gasteiger partial charge in [-0.25, -0.2) is 0 Å². The number of rotatable bonds is 9. The largest absolute Gasteiger partial charge is 0.492 e. The van der Waals surface area contributed by atoms with E-state index in [1.807, 2.05) is 67.4 Å². The van der Waals surface area contributed by atoms with E-state index in [0.29, 0.717) is 30.3 Å². The molecular weight excluding hydrogens is 400 g/mol. The highest BCUT2D eigenvalue weighted by Gasteiger charge is 2.09. The fraction of sp³-hybridized carbons (Fsp3) is 0.391. The van der Waals surface area contributed by atoms with Crippen LogP contribution in [0.15, 0.2) is 53.5 Å². The van der Waals surface area contributed by atoms with Gasteiger partial charge in [0.25, 0.3) is 5.91 Å². The first-order valence-corrected chi connectivity index (χ1v) is 10.5. The van der Waals surface area contributed by atoms with E-state index < -0.39 is 0 Å². The van der Waals surface area contributed by atoms with Crippen molar-refractivity contribution in [1.29, 1.82) is 0 Å². The van der Waals surface area contributed by atoms with Crippen LogP contribution in [0.4, 0.5) is 0 Å². The number of aliphatic imine (C=N–C) groups is 1. The number of guanidine groups is 1. The number of amides is 1. The summed E-state index contributed by atoms with van der Waals surface area (Å²) in [6.07, 6.45) is 0.762. The van der Waals surface area contributed by atoms with Crippen molar-refractivity contribution >= 4 is 23.5 Å². The molecule has 2 rings (SSSR count). The van der Waals surface area contributed by atoms with Crippen molar-refractivity contribution in [2.24, 2.45) is 4.99 Å². The molecule has 0 aliphatic heterocycles. The van der Waals surface area contributed by atoms with Gasteiger partial charge in [0.1, 0.15) is 12.4 Å². The molecule has 0 saturated carbocycles. The van der Waals surface area contributed by atoms with Crippen LogP contribution in [0.5, 0.6) is 5.75 Å². The van der Waals surface area contributed by atoms with Crippen LogP contribution in [-0.4, -0.2) is 69.1 Å². The number of carbonyl (C=O) groups is 1. The van der Waals surface area contributed by atoms with E-state index in [1.54, 1.807) is 19.0 Å². The van der Waals surface area contributed by atoms with Gasteiger partial charge in [0.05, 0.1) is 6.54 Å². The van der Waals surface area contributed by atoms with Crippen molar-refractivity contribution in [3.8, 4) is 5.75 Å². The van der Waals surface area contributed by atoms with Crippen LogP contribution in [-0.2, 0) is 6.42 Å². The van der Waals surface area contributed by atoms with Gasteiger partial charge in [0.15, 0.2) is 5.96 Å². The molecule has 7 heteroatoms. The Balaban J connectivity index is 1.89. The van der Waals surface area contributed by atoms with Crippen LogP contribution in [0.3, 0.4) is 0 Å². The molecule has 1 amide bonds. The third-order valence-electron chi connectivity index (χ3n) is 4.45. The minimum absolute atomic E-state index is 0.00844. The summed E-state index contributed by atoms with van der Waals surface area (Å²) in [5, 5.41) is 4.00. The van der Waals surface area contributed by atoms with Crippen molar-refractivity contribution in [2.75, 3.05) is 47.4 Å². The Morgan fingerprint density at radius 2 is 1.87 bits per heavy atom.